The van der Waals surface area contributed by atoms with Crippen LogP contribution in [0.1, 0.15) is 25.7 Å². The molecule has 11 heteroatoms. The number of hydrogen-bond acceptors (Lipinski definition) is 8. The Hall–Kier alpha value is -3.50. The normalized spacial score (nSPS) is 10.0. The molecule has 0 heterocycles. The van der Waals surface area contributed by atoms with E-state index in [0.29, 0.717) is 25.8 Å². The van der Waals surface area contributed by atoms with Crippen LogP contribution in [0.15, 0.2) is 30.9 Å². The van der Waals surface area contributed by atoms with Gasteiger partial charge in [0.05, 0.1) is 15.9 Å². The summed E-state index contributed by atoms with van der Waals surface area (Å²) in [5, 5.41) is 27.1. The molecule has 28 heavy (non-hydrogen) atoms. The minimum atomic E-state index is -0.693. The number of nitro groups is 2. The van der Waals surface area contributed by atoms with Crippen LogP contribution in [0, 0.1) is 20.2 Å². The van der Waals surface area contributed by atoms with Gasteiger partial charge in [-0.1, -0.05) is 19.1 Å². The first-order chi connectivity index (χ1) is 13.3. The summed E-state index contributed by atoms with van der Waals surface area (Å²) >= 11 is 0. The van der Waals surface area contributed by atoms with Crippen molar-refractivity contribution in [3.8, 4) is 0 Å². The highest BCUT2D eigenvalue weighted by atomic mass is 16.6. The molecule has 0 aliphatic carbocycles. The van der Waals surface area contributed by atoms with Gasteiger partial charge >= 0.3 is 5.97 Å². The molecule has 0 saturated carbocycles. The zero-order chi connectivity index (χ0) is 20.9. The SMILES string of the molecule is C=CCOC(=O)CNC(=O)CCCCCNc1ccc([N+](=O)[O-])cc1[N+](=O)[O-]. The first kappa shape index (κ1) is 22.5. The monoisotopic (exact) mass is 394 g/mol. The Morgan fingerprint density at radius 3 is 2.54 bits per heavy atom. The van der Waals surface area contributed by atoms with E-state index in [4.69, 9.17) is 4.74 Å². The van der Waals surface area contributed by atoms with E-state index >= 15 is 0 Å². The van der Waals surface area contributed by atoms with Crippen molar-refractivity contribution in [1.82, 2.24) is 5.32 Å². The number of nitrogens with one attached hydrogen (secondary N) is 2. The number of non-ortho nitro benzene ring substituents is 1. The predicted octanol–water partition coefficient (Wildman–Crippen LogP) is 2.32. The van der Waals surface area contributed by atoms with Gasteiger partial charge in [0.25, 0.3) is 11.4 Å². The largest absolute Gasteiger partial charge is 0.460 e. The van der Waals surface area contributed by atoms with Gasteiger partial charge in [0.2, 0.25) is 5.91 Å². The van der Waals surface area contributed by atoms with E-state index in [1.807, 2.05) is 0 Å². The summed E-state index contributed by atoms with van der Waals surface area (Å²) in [7, 11) is 0. The van der Waals surface area contributed by atoms with Gasteiger partial charge in [-0.15, -0.1) is 0 Å². The molecule has 0 fully saturated rings. The van der Waals surface area contributed by atoms with E-state index in [1.165, 1.54) is 18.2 Å². The van der Waals surface area contributed by atoms with E-state index in [-0.39, 0.29) is 42.5 Å². The summed E-state index contributed by atoms with van der Waals surface area (Å²) in [5.74, 6) is -0.809. The van der Waals surface area contributed by atoms with Crippen LogP contribution in [0.3, 0.4) is 0 Å². The molecular formula is C17H22N4O7. The van der Waals surface area contributed by atoms with Crippen LogP contribution in [0.2, 0.25) is 0 Å². The van der Waals surface area contributed by atoms with Crippen molar-refractivity contribution in [2.45, 2.75) is 25.7 Å². The number of anilines is 1. The lowest BCUT2D eigenvalue weighted by atomic mass is 10.2. The fraction of sp³-hybridized carbons (Fsp3) is 0.412. The van der Waals surface area contributed by atoms with Crippen molar-refractivity contribution in [3.63, 3.8) is 0 Å². The molecule has 1 rings (SSSR count). The summed E-state index contributed by atoms with van der Waals surface area (Å²) in [4.78, 5) is 43.2. The Morgan fingerprint density at radius 1 is 1.14 bits per heavy atom. The third-order valence-corrected chi connectivity index (χ3v) is 3.58. The van der Waals surface area contributed by atoms with Crippen molar-refractivity contribution < 1.29 is 24.2 Å². The van der Waals surface area contributed by atoms with Gasteiger partial charge < -0.3 is 15.4 Å². The topological polar surface area (TPSA) is 154 Å². The number of nitro benzene ring substituents is 2. The number of benzene rings is 1. The van der Waals surface area contributed by atoms with Gasteiger partial charge in [-0.2, -0.15) is 0 Å². The lowest BCUT2D eigenvalue weighted by Crippen LogP contribution is -2.30. The highest BCUT2D eigenvalue weighted by Crippen LogP contribution is 2.28. The molecular weight excluding hydrogens is 372 g/mol. The number of unbranched alkanes of at least 4 members (excludes halogenated alkanes) is 2. The number of rotatable bonds is 13. The Bertz CT molecular complexity index is 736. The highest BCUT2D eigenvalue weighted by Gasteiger charge is 2.18. The summed E-state index contributed by atoms with van der Waals surface area (Å²) in [5.41, 5.74) is -0.514. The second-order valence-electron chi connectivity index (χ2n) is 5.70. The zero-order valence-electron chi connectivity index (χ0n) is 15.2. The Labute approximate surface area is 161 Å². The lowest BCUT2D eigenvalue weighted by molar-refractivity contribution is -0.393. The molecule has 0 aliphatic heterocycles. The van der Waals surface area contributed by atoms with Gasteiger partial charge in [0.15, 0.2) is 0 Å². The molecule has 11 nitrogen and oxygen atoms in total. The van der Waals surface area contributed by atoms with Crippen LogP contribution in [0.4, 0.5) is 17.1 Å². The molecule has 0 bridgehead atoms. The Kier molecular flexibility index (Phi) is 9.65. The van der Waals surface area contributed by atoms with Gasteiger partial charge in [-0.05, 0) is 18.9 Å². The number of amides is 1. The van der Waals surface area contributed by atoms with Crippen molar-refractivity contribution in [2.24, 2.45) is 0 Å². The van der Waals surface area contributed by atoms with Crippen LogP contribution in [-0.4, -0.2) is 41.4 Å². The summed E-state index contributed by atoms with van der Waals surface area (Å²) < 4.78 is 4.72. The van der Waals surface area contributed by atoms with Crippen LogP contribution in [0.5, 0.6) is 0 Å². The number of carbonyl (C=O) groups is 2. The quantitative estimate of drug-likeness (QED) is 0.170. The van der Waals surface area contributed by atoms with Crippen molar-refractivity contribution in [3.05, 3.63) is 51.1 Å². The van der Waals surface area contributed by atoms with E-state index in [9.17, 15) is 29.8 Å². The van der Waals surface area contributed by atoms with Crippen molar-refractivity contribution >= 4 is 28.9 Å². The fourth-order valence-corrected chi connectivity index (χ4v) is 2.21. The average molecular weight is 394 g/mol. The van der Waals surface area contributed by atoms with Crippen LogP contribution in [0.25, 0.3) is 0 Å². The molecule has 0 spiro atoms. The fourth-order valence-electron chi connectivity index (χ4n) is 2.21. The first-order valence-electron chi connectivity index (χ1n) is 8.55. The molecule has 1 aromatic carbocycles. The second kappa shape index (κ2) is 12.0. The molecule has 152 valence electrons. The van der Waals surface area contributed by atoms with Gasteiger partial charge in [0, 0.05) is 19.0 Å². The first-order valence-corrected chi connectivity index (χ1v) is 8.55. The van der Waals surface area contributed by atoms with E-state index in [0.717, 1.165) is 6.07 Å². The second-order valence-corrected chi connectivity index (χ2v) is 5.70. The number of esters is 1. The van der Waals surface area contributed by atoms with Crippen LogP contribution >= 0.6 is 0 Å². The standard InChI is InChI=1S/C17H22N4O7/c1-2-10-28-17(23)12-19-16(22)6-4-3-5-9-18-14-8-7-13(20(24)25)11-15(14)21(26)27/h2,7-8,11,18H,1,3-6,9-10,12H2,(H,19,22). The number of hydrogen-bond donors (Lipinski definition) is 2. The molecule has 0 radical (unpaired) electrons. The molecule has 1 amide bonds. The van der Waals surface area contributed by atoms with Gasteiger partial charge in [-0.3, -0.25) is 29.8 Å². The van der Waals surface area contributed by atoms with E-state index < -0.39 is 15.8 Å². The molecule has 2 N–H and O–H groups in total. The van der Waals surface area contributed by atoms with Crippen LogP contribution < -0.4 is 10.6 Å². The Morgan fingerprint density at radius 2 is 1.89 bits per heavy atom. The lowest BCUT2D eigenvalue weighted by Gasteiger charge is -2.07. The Balaban J connectivity index is 2.28. The van der Waals surface area contributed by atoms with Crippen molar-refractivity contribution in [1.29, 1.82) is 0 Å². The van der Waals surface area contributed by atoms with Crippen molar-refractivity contribution in [2.75, 3.05) is 25.0 Å². The number of carbonyl (C=O) groups excluding carboxylic acids is 2. The smallest absolute Gasteiger partial charge is 0.325 e. The number of nitrogens with zero attached hydrogens (tertiary/aromatic N) is 2. The van der Waals surface area contributed by atoms with Crippen LogP contribution in [-0.2, 0) is 14.3 Å². The zero-order valence-corrected chi connectivity index (χ0v) is 15.2. The number of ether oxygens (including phenoxy) is 1. The molecule has 0 unspecified atom stereocenters. The molecule has 0 atom stereocenters. The summed E-state index contributed by atoms with van der Waals surface area (Å²) in [6.45, 7) is 3.71. The molecule has 1 aromatic rings. The minimum Gasteiger partial charge on any atom is -0.460 e. The van der Waals surface area contributed by atoms with Gasteiger partial charge in [-0.25, -0.2) is 0 Å². The summed E-state index contributed by atoms with van der Waals surface area (Å²) in [6, 6.07) is 3.40. The van der Waals surface area contributed by atoms with Gasteiger partial charge in [0.1, 0.15) is 18.8 Å². The summed E-state index contributed by atoms with van der Waals surface area (Å²) in [6.07, 6.45) is 3.58. The maximum Gasteiger partial charge on any atom is 0.325 e. The molecule has 0 aromatic heterocycles. The molecule has 0 saturated heterocycles. The third-order valence-electron chi connectivity index (χ3n) is 3.58. The van der Waals surface area contributed by atoms with E-state index in [2.05, 4.69) is 17.2 Å². The third kappa shape index (κ3) is 8.25. The maximum atomic E-state index is 11.6. The predicted molar refractivity (Wildman–Crippen MR) is 101 cm³/mol. The highest BCUT2D eigenvalue weighted by molar-refractivity contribution is 5.81. The maximum absolute atomic E-state index is 11.6. The molecule has 0 aliphatic rings. The minimum absolute atomic E-state index is 0.0919. The average Bonchev–Trinajstić information content (AvgIpc) is 2.67. The van der Waals surface area contributed by atoms with E-state index in [1.54, 1.807) is 0 Å².